The summed E-state index contributed by atoms with van der Waals surface area (Å²) in [5.74, 6) is -0.0879. The van der Waals surface area contributed by atoms with E-state index < -0.39 is 0 Å². The van der Waals surface area contributed by atoms with Crippen molar-refractivity contribution in [3.63, 3.8) is 0 Å². The molecule has 3 aromatic rings. The Morgan fingerprint density at radius 2 is 1.82 bits per heavy atom. The molecule has 0 N–H and O–H groups in total. The third-order valence-electron chi connectivity index (χ3n) is 6.65. The first-order valence-electron chi connectivity index (χ1n) is 11.6. The van der Waals surface area contributed by atoms with Crippen molar-refractivity contribution in [2.24, 2.45) is 13.0 Å². The lowest BCUT2D eigenvalue weighted by atomic mass is 9.95. The van der Waals surface area contributed by atoms with Crippen LogP contribution in [0.3, 0.4) is 0 Å². The largest absolute Gasteiger partial charge is 0.378 e. The van der Waals surface area contributed by atoms with Crippen LogP contribution >= 0.6 is 0 Å². The molecule has 172 valence electrons. The Balaban J connectivity index is 1.48. The molecule has 33 heavy (non-hydrogen) atoms. The summed E-state index contributed by atoms with van der Waals surface area (Å²) in [5.41, 5.74) is 3.76. The maximum absolute atomic E-state index is 13.8. The molecule has 2 aliphatic heterocycles. The summed E-state index contributed by atoms with van der Waals surface area (Å²) in [6.45, 7) is 5.42. The van der Waals surface area contributed by atoms with Crippen LogP contribution in [0.5, 0.6) is 0 Å². The number of amides is 2. The third kappa shape index (κ3) is 4.11. The highest BCUT2D eigenvalue weighted by molar-refractivity contribution is 6.07. The van der Waals surface area contributed by atoms with Gasteiger partial charge in [0, 0.05) is 38.8 Å². The van der Waals surface area contributed by atoms with Gasteiger partial charge in [0.25, 0.3) is 5.91 Å². The van der Waals surface area contributed by atoms with Gasteiger partial charge < -0.3 is 14.5 Å². The molecular weight excluding hydrogens is 418 g/mol. The zero-order valence-electron chi connectivity index (χ0n) is 19.2. The van der Waals surface area contributed by atoms with Gasteiger partial charge in [-0.2, -0.15) is 5.10 Å². The average molecular weight is 448 g/mol. The van der Waals surface area contributed by atoms with Crippen LogP contribution in [-0.2, 0) is 16.6 Å². The minimum atomic E-state index is -0.165. The van der Waals surface area contributed by atoms with E-state index in [1.807, 2.05) is 60.2 Å². The van der Waals surface area contributed by atoms with Crippen molar-refractivity contribution in [2.75, 3.05) is 39.4 Å². The highest BCUT2D eigenvalue weighted by Crippen LogP contribution is 2.29. The molecule has 0 spiro atoms. The number of morpholine rings is 1. The number of carbonyl (C=O) groups is 2. The van der Waals surface area contributed by atoms with Crippen LogP contribution in [0.4, 0.5) is 0 Å². The molecule has 2 fully saturated rings. The van der Waals surface area contributed by atoms with Crippen LogP contribution in [0.15, 0.2) is 36.4 Å². The lowest BCUT2D eigenvalue weighted by molar-refractivity contribution is -0.141. The van der Waals surface area contributed by atoms with Gasteiger partial charge in [-0.3, -0.25) is 14.3 Å². The molecule has 1 atom stereocenters. The number of rotatable bonds is 3. The summed E-state index contributed by atoms with van der Waals surface area (Å²) in [6.07, 6.45) is 1.63. The first-order chi connectivity index (χ1) is 16.0. The Hall–Kier alpha value is -3.26. The molecule has 8 nitrogen and oxygen atoms in total. The Bertz CT molecular complexity index is 1180. The number of aromatic nitrogens is 3. The van der Waals surface area contributed by atoms with Crippen molar-refractivity contribution < 1.29 is 14.3 Å². The third-order valence-corrected chi connectivity index (χ3v) is 6.65. The number of nitrogens with zero attached hydrogens (tertiary/aromatic N) is 5. The lowest BCUT2D eigenvalue weighted by Gasteiger charge is -2.36. The fourth-order valence-corrected chi connectivity index (χ4v) is 4.95. The van der Waals surface area contributed by atoms with Crippen molar-refractivity contribution in [1.82, 2.24) is 24.6 Å². The Labute approximate surface area is 193 Å². The number of carbonyl (C=O) groups excluding carboxylic acids is 2. The predicted octanol–water partition coefficient (Wildman–Crippen LogP) is 2.65. The van der Waals surface area contributed by atoms with Gasteiger partial charge in [0.15, 0.2) is 5.65 Å². The van der Waals surface area contributed by atoms with E-state index in [9.17, 15) is 9.59 Å². The van der Waals surface area contributed by atoms with E-state index in [2.05, 4.69) is 5.10 Å². The molecule has 0 radical (unpaired) electrons. The molecule has 2 aliphatic rings. The van der Waals surface area contributed by atoms with E-state index in [0.29, 0.717) is 50.6 Å². The number of likely N-dealkylation sites (tertiary alicyclic amines) is 1. The predicted molar refractivity (Wildman–Crippen MR) is 125 cm³/mol. The number of piperidine rings is 1. The molecule has 8 heteroatoms. The summed E-state index contributed by atoms with van der Waals surface area (Å²) >= 11 is 0. The normalized spacial score (nSPS) is 19.2. The zero-order valence-corrected chi connectivity index (χ0v) is 19.2. The van der Waals surface area contributed by atoms with Crippen LogP contribution in [0.1, 0.15) is 28.9 Å². The van der Waals surface area contributed by atoms with E-state index in [0.717, 1.165) is 35.2 Å². The monoisotopic (exact) mass is 447 g/mol. The second-order valence-electron chi connectivity index (χ2n) is 8.86. The second kappa shape index (κ2) is 8.94. The minimum absolute atomic E-state index is 0.0600. The smallest absolute Gasteiger partial charge is 0.254 e. The number of hydrogen-bond acceptors (Lipinski definition) is 5. The molecule has 1 unspecified atom stereocenters. The van der Waals surface area contributed by atoms with Gasteiger partial charge >= 0.3 is 0 Å². The first kappa shape index (κ1) is 21.6. The summed E-state index contributed by atoms with van der Waals surface area (Å²) in [4.78, 5) is 35.4. The van der Waals surface area contributed by atoms with E-state index in [1.165, 1.54) is 0 Å². The lowest BCUT2D eigenvalue weighted by Crippen LogP contribution is -2.49. The fraction of sp³-hybridized carbons (Fsp3) is 0.440. The van der Waals surface area contributed by atoms with Crippen molar-refractivity contribution >= 4 is 22.8 Å². The summed E-state index contributed by atoms with van der Waals surface area (Å²) in [5, 5.41) is 5.31. The number of fused-ring (bicyclic) bond motifs is 1. The molecule has 2 saturated heterocycles. The maximum Gasteiger partial charge on any atom is 0.254 e. The molecule has 0 saturated carbocycles. The van der Waals surface area contributed by atoms with E-state index >= 15 is 0 Å². The van der Waals surface area contributed by atoms with Crippen molar-refractivity contribution in [3.05, 3.63) is 47.7 Å². The Kier molecular flexibility index (Phi) is 5.85. The highest BCUT2D eigenvalue weighted by atomic mass is 16.5. The minimum Gasteiger partial charge on any atom is -0.378 e. The van der Waals surface area contributed by atoms with Gasteiger partial charge in [-0.15, -0.1) is 0 Å². The highest BCUT2D eigenvalue weighted by Gasteiger charge is 2.33. The summed E-state index contributed by atoms with van der Waals surface area (Å²) in [6, 6.07) is 11.7. The van der Waals surface area contributed by atoms with E-state index in [1.54, 1.807) is 4.68 Å². The van der Waals surface area contributed by atoms with Gasteiger partial charge in [0.2, 0.25) is 5.91 Å². The molecular formula is C25H29N5O3. The molecule has 4 heterocycles. The molecule has 2 amide bonds. The molecule has 5 rings (SSSR count). The molecule has 1 aromatic carbocycles. The van der Waals surface area contributed by atoms with Crippen LogP contribution in [-0.4, -0.2) is 75.8 Å². The summed E-state index contributed by atoms with van der Waals surface area (Å²) in [7, 11) is 1.85. The van der Waals surface area contributed by atoms with Gasteiger partial charge in [0.05, 0.1) is 41.5 Å². The maximum atomic E-state index is 13.8. The Morgan fingerprint density at radius 3 is 2.58 bits per heavy atom. The van der Waals surface area contributed by atoms with Crippen molar-refractivity contribution in [1.29, 1.82) is 0 Å². The topological polar surface area (TPSA) is 80.6 Å². The zero-order chi connectivity index (χ0) is 22.9. The number of benzene rings is 1. The molecule has 0 aliphatic carbocycles. The second-order valence-corrected chi connectivity index (χ2v) is 8.86. The van der Waals surface area contributed by atoms with Gasteiger partial charge in [0.1, 0.15) is 0 Å². The fourth-order valence-electron chi connectivity index (χ4n) is 4.95. The van der Waals surface area contributed by atoms with Gasteiger partial charge in [-0.1, -0.05) is 30.3 Å². The Morgan fingerprint density at radius 1 is 1.06 bits per heavy atom. The van der Waals surface area contributed by atoms with Gasteiger partial charge in [-0.25, -0.2) is 4.98 Å². The molecule has 2 aromatic heterocycles. The van der Waals surface area contributed by atoms with E-state index in [-0.39, 0.29) is 17.7 Å². The SMILES string of the molecule is Cc1nn(C)c2nc(-c3ccccc3)cc(C(=O)N3CCCC(C(=O)N4CCOCC4)C3)c12. The van der Waals surface area contributed by atoms with Crippen molar-refractivity contribution in [2.45, 2.75) is 19.8 Å². The number of pyridine rings is 1. The van der Waals surface area contributed by atoms with Crippen LogP contribution in [0.2, 0.25) is 0 Å². The van der Waals surface area contributed by atoms with Crippen LogP contribution < -0.4 is 0 Å². The quantitative estimate of drug-likeness (QED) is 0.617. The number of hydrogen-bond donors (Lipinski definition) is 0. The number of ether oxygens (including phenoxy) is 1. The van der Waals surface area contributed by atoms with Crippen molar-refractivity contribution in [3.8, 4) is 11.3 Å². The first-order valence-corrected chi connectivity index (χ1v) is 11.6. The standard InChI is InChI=1S/C25H29N5O3/c1-17-22-20(15-21(18-7-4-3-5-8-18)26-23(22)28(2)27-17)25(32)30-10-6-9-19(16-30)24(31)29-11-13-33-14-12-29/h3-5,7-8,15,19H,6,9-14,16H2,1-2H3. The molecule has 0 bridgehead atoms. The van der Waals surface area contributed by atoms with Crippen LogP contribution in [0.25, 0.3) is 22.3 Å². The summed E-state index contributed by atoms with van der Waals surface area (Å²) < 4.78 is 7.11. The number of aryl methyl sites for hydroxylation is 2. The van der Waals surface area contributed by atoms with E-state index in [4.69, 9.17) is 9.72 Å². The van der Waals surface area contributed by atoms with Gasteiger partial charge in [-0.05, 0) is 25.8 Å². The van der Waals surface area contributed by atoms with Crippen LogP contribution in [0, 0.1) is 12.8 Å². The average Bonchev–Trinajstić information content (AvgIpc) is 3.17.